The number of halogens is 1. The summed E-state index contributed by atoms with van der Waals surface area (Å²) < 4.78 is 4.85. The Morgan fingerprint density at radius 1 is 1.60 bits per heavy atom. The van der Waals surface area contributed by atoms with Crippen molar-refractivity contribution in [3.8, 4) is 0 Å². The SMILES string of the molecule is COC(=O)C1CC12CCN(Cc1cnc(N)s1)CC2.Cl. The highest BCUT2D eigenvalue weighted by atomic mass is 35.5. The van der Waals surface area contributed by atoms with E-state index in [1.54, 1.807) is 11.3 Å². The second-order valence-corrected chi connectivity index (χ2v) is 6.73. The normalized spacial score (nSPS) is 24.1. The number of aromatic nitrogens is 1. The molecule has 2 N–H and O–H groups in total. The first kappa shape index (κ1) is 15.5. The van der Waals surface area contributed by atoms with Crippen LogP contribution >= 0.6 is 23.7 Å². The molecule has 20 heavy (non-hydrogen) atoms. The highest BCUT2D eigenvalue weighted by molar-refractivity contribution is 7.15. The lowest BCUT2D eigenvalue weighted by molar-refractivity contribution is -0.143. The van der Waals surface area contributed by atoms with E-state index in [1.165, 1.54) is 12.0 Å². The number of nitrogens with zero attached hydrogens (tertiary/aromatic N) is 2. The molecular formula is C13H20ClN3O2S. The summed E-state index contributed by atoms with van der Waals surface area (Å²) in [6.07, 6.45) is 5.07. The molecule has 0 aromatic carbocycles. The fourth-order valence-corrected chi connectivity index (χ4v) is 3.87. The number of rotatable bonds is 3. The summed E-state index contributed by atoms with van der Waals surface area (Å²) in [5.74, 6) is 0.127. The van der Waals surface area contributed by atoms with E-state index in [1.807, 2.05) is 6.20 Å². The molecule has 2 fully saturated rings. The molecule has 112 valence electrons. The average Bonchev–Trinajstić information content (AvgIpc) is 2.97. The summed E-state index contributed by atoms with van der Waals surface area (Å²) in [6.45, 7) is 3.02. The Hall–Kier alpha value is -0.850. The molecule has 1 aliphatic carbocycles. The van der Waals surface area contributed by atoms with Gasteiger partial charge in [0.1, 0.15) is 0 Å². The third-order valence-corrected chi connectivity index (χ3v) is 5.29. The summed E-state index contributed by atoms with van der Waals surface area (Å²) in [7, 11) is 1.48. The number of carbonyl (C=O) groups excluding carboxylic acids is 1. The van der Waals surface area contributed by atoms with E-state index in [-0.39, 0.29) is 29.7 Å². The third-order valence-electron chi connectivity index (χ3n) is 4.48. The van der Waals surface area contributed by atoms with E-state index in [4.69, 9.17) is 10.5 Å². The molecule has 5 nitrogen and oxygen atoms in total. The Morgan fingerprint density at radius 3 is 2.85 bits per heavy atom. The van der Waals surface area contributed by atoms with Crippen molar-refractivity contribution in [2.75, 3.05) is 25.9 Å². The number of anilines is 1. The van der Waals surface area contributed by atoms with E-state index in [0.29, 0.717) is 5.13 Å². The summed E-state index contributed by atoms with van der Waals surface area (Å²) in [5.41, 5.74) is 5.89. The average molecular weight is 318 g/mol. The van der Waals surface area contributed by atoms with Crippen LogP contribution in [0.4, 0.5) is 5.13 Å². The van der Waals surface area contributed by atoms with Crippen LogP contribution in [-0.2, 0) is 16.1 Å². The Balaban J connectivity index is 0.00000147. The van der Waals surface area contributed by atoms with Crippen LogP contribution in [0.2, 0.25) is 0 Å². The van der Waals surface area contributed by atoms with Gasteiger partial charge in [0.25, 0.3) is 0 Å². The Kier molecular flexibility index (Phi) is 4.56. The number of hydrogen-bond acceptors (Lipinski definition) is 6. The van der Waals surface area contributed by atoms with Crippen molar-refractivity contribution in [3.05, 3.63) is 11.1 Å². The predicted octanol–water partition coefficient (Wildman–Crippen LogP) is 1.92. The Bertz CT molecular complexity index is 486. The van der Waals surface area contributed by atoms with Crippen molar-refractivity contribution in [2.24, 2.45) is 11.3 Å². The monoisotopic (exact) mass is 317 g/mol. The van der Waals surface area contributed by atoms with Crippen molar-refractivity contribution in [1.82, 2.24) is 9.88 Å². The molecule has 1 saturated carbocycles. The summed E-state index contributed by atoms with van der Waals surface area (Å²) >= 11 is 1.56. The molecule has 1 aromatic rings. The first-order valence-corrected chi connectivity index (χ1v) is 7.45. The van der Waals surface area contributed by atoms with E-state index in [0.717, 1.165) is 38.9 Å². The van der Waals surface area contributed by atoms with E-state index < -0.39 is 0 Å². The van der Waals surface area contributed by atoms with Gasteiger partial charge in [0.2, 0.25) is 0 Å². The molecule has 1 spiro atoms. The fourth-order valence-electron chi connectivity index (χ4n) is 3.15. The predicted molar refractivity (Wildman–Crippen MR) is 80.8 cm³/mol. The largest absolute Gasteiger partial charge is 0.469 e. The van der Waals surface area contributed by atoms with Gasteiger partial charge < -0.3 is 10.5 Å². The van der Waals surface area contributed by atoms with Gasteiger partial charge in [0, 0.05) is 17.6 Å². The molecule has 1 aromatic heterocycles. The second kappa shape index (κ2) is 5.87. The molecule has 1 aliphatic heterocycles. The molecule has 0 amide bonds. The number of esters is 1. The molecule has 1 saturated heterocycles. The maximum Gasteiger partial charge on any atom is 0.309 e. The van der Waals surface area contributed by atoms with Crippen molar-refractivity contribution < 1.29 is 9.53 Å². The molecule has 2 aliphatic rings. The van der Waals surface area contributed by atoms with Crippen LogP contribution in [0.15, 0.2) is 6.20 Å². The van der Waals surface area contributed by atoms with Crippen LogP contribution in [-0.4, -0.2) is 36.1 Å². The first-order valence-electron chi connectivity index (χ1n) is 6.63. The van der Waals surface area contributed by atoms with Gasteiger partial charge in [0.15, 0.2) is 5.13 Å². The van der Waals surface area contributed by atoms with Crippen molar-refractivity contribution in [3.63, 3.8) is 0 Å². The maximum absolute atomic E-state index is 11.6. The lowest BCUT2D eigenvalue weighted by atomic mass is 9.91. The zero-order valence-corrected chi connectivity index (χ0v) is 13.1. The quantitative estimate of drug-likeness (QED) is 0.863. The smallest absolute Gasteiger partial charge is 0.309 e. The van der Waals surface area contributed by atoms with Crippen LogP contribution in [0.1, 0.15) is 24.1 Å². The summed E-state index contributed by atoms with van der Waals surface area (Å²) in [6, 6.07) is 0. The van der Waals surface area contributed by atoms with E-state index in [9.17, 15) is 4.79 Å². The number of thiazole rings is 1. The lowest BCUT2D eigenvalue weighted by Gasteiger charge is -2.32. The number of ether oxygens (including phenoxy) is 1. The van der Waals surface area contributed by atoms with Crippen LogP contribution in [0, 0.1) is 11.3 Å². The van der Waals surface area contributed by atoms with Crippen LogP contribution in [0.5, 0.6) is 0 Å². The minimum absolute atomic E-state index is 0. The van der Waals surface area contributed by atoms with E-state index in [2.05, 4.69) is 9.88 Å². The summed E-state index contributed by atoms with van der Waals surface area (Å²) in [5, 5.41) is 0.636. The number of methoxy groups -OCH3 is 1. The van der Waals surface area contributed by atoms with Gasteiger partial charge in [-0.1, -0.05) is 0 Å². The molecule has 7 heteroatoms. The standard InChI is InChI=1S/C13H19N3O2S.ClH/c1-18-11(17)10-6-13(10)2-4-16(5-3-13)8-9-7-15-12(14)19-9;/h7,10H,2-6,8H2,1H3,(H2,14,15);1H. The van der Waals surface area contributed by atoms with Gasteiger partial charge in [-0.2, -0.15) is 0 Å². The Morgan fingerprint density at radius 2 is 2.30 bits per heavy atom. The zero-order valence-electron chi connectivity index (χ0n) is 11.5. The van der Waals surface area contributed by atoms with E-state index >= 15 is 0 Å². The number of hydrogen-bond donors (Lipinski definition) is 1. The van der Waals surface area contributed by atoms with Gasteiger partial charge in [-0.05, 0) is 37.8 Å². The van der Waals surface area contributed by atoms with Gasteiger partial charge in [-0.25, -0.2) is 4.98 Å². The Labute approximate surface area is 128 Å². The topological polar surface area (TPSA) is 68.5 Å². The maximum atomic E-state index is 11.6. The molecular weight excluding hydrogens is 298 g/mol. The van der Waals surface area contributed by atoms with Crippen molar-refractivity contribution in [2.45, 2.75) is 25.8 Å². The fraction of sp³-hybridized carbons (Fsp3) is 0.692. The zero-order chi connectivity index (χ0) is 13.5. The molecule has 3 rings (SSSR count). The number of likely N-dealkylation sites (tertiary alicyclic amines) is 1. The molecule has 0 radical (unpaired) electrons. The summed E-state index contributed by atoms with van der Waals surface area (Å²) in [4.78, 5) is 19.3. The van der Waals surface area contributed by atoms with Crippen LogP contribution in [0.25, 0.3) is 0 Å². The van der Waals surface area contributed by atoms with Gasteiger partial charge >= 0.3 is 5.97 Å². The number of nitrogens with two attached hydrogens (primary N) is 1. The number of nitrogen functional groups attached to an aromatic ring is 1. The molecule has 2 heterocycles. The van der Waals surface area contributed by atoms with Crippen molar-refractivity contribution >= 4 is 34.8 Å². The molecule has 1 atom stereocenters. The second-order valence-electron chi connectivity index (χ2n) is 5.58. The highest BCUT2D eigenvalue weighted by Gasteiger charge is 2.59. The molecule has 0 bridgehead atoms. The third kappa shape index (κ3) is 2.92. The first-order chi connectivity index (χ1) is 9.13. The minimum Gasteiger partial charge on any atom is -0.469 e. The number of piperidine rings is 1. The molecule has 1 unspecified atom stereocenters. The minimum atomic E-state index is -0.0244. The van der Waals surface area contributed by atoms with Crippen LogP contribution in [0.3, 0.4) is 0 Å². The van der Waals surface area contributed by atoms with Crippen molar-refractivity contribution in [1.29, 1.82) is 0 Å². The van der Waals surface area contributed by atoms with Gasteiger partial charge in [0.05, 0.1) is 13.0 Å². The van der Waals surface area contributed by atoms with Gasteiger partial charge in [-0.15, -0.1) is 23.7 Å². The lowest BCUT2D eigenvalue weighted by Crippen LogP contribution is -2.35. The highest BCUT2D eigenvalue weighted by Crippen LogP contribution is 2.59. The van der Waals surface area contributed by atoms with Crippen LogP contribution < -0.4 is 5.73 Å². The van der Waals surface area contributed by atoms with Gasteiger partial charge in [-0.3, -0.25) is 9.69 Å². The number of carbonyl (C=O) groups is 1.